The molecule has 0 aromatic carbocycles. The molecule has 1 aliphatic rings. The van der Waals surface area contributed by atoms with Crippen LogP contribution in [0.2, 0.25) is 0 Å². The van der Waals surface area contributed by atoms with Crippen LogP contribution in [0.4, 0.5) is 0 Å². The number of nitrogens with one attached hydrogen (secondary N) is 1. The molecule has 0 aliphatic heterocycles. The van der Waals surface area contributed by atoms with Crippen molar-refractivity contribution >= 4 is 0 Å². The Morgan fingerprint density at radius 1 is 0.805 bits per heavy atom. The molecule has 0 radical (unpaired) electrons. The fraction of sp³-hybridized carbons (Fsp3) is 0.750. The van der Waals surface area contributed by atoms with Gasteiger partial charge in [0.05, 0.1) is 0 Å². The van der Waals surface area contributed by atoms with Gasteiger partial charge < -0.3 is 5.32 Å². The van der Waals surface area contributed by atoms with E-state index in [1.807, 2.05) is 6.08 Å². The van der Waals surface area contributed by atoms with Crippen molar-refractivity contribution in [3.05, 3.63) is 61.4 Å². The lowest BCUT2D eigenvalue weighted by Crippen LogP contribution is -2.24. The van der Waals surface area contributed by atoms with Crippen LogP contribution in [0.1, 0.15) is 166 Å². The van der Waals surface area contributed by atoms with Gasteiger partial charge in [-0.3, -0.25) is 0 Å². The van der Waals surface area contributed by atoms with Gasteiger partial charge in [-0.05, 0) is 81.4 Å². The highest BCUT2D eigenvalue weighted by atomic mass is 14.9. The van der Waals surface area contributed by atoms with E-state index in [9.17, 15) is 0 Å². The van der Waals surface area contributed by atoms with Crippen LogP contribution >= 0.6 is 0 Å². The first-order valence-electron chi connectivity index (χ1n) is 17.6. The van der Waals surface area contributed by atoms with E-state index >= 15 is 0 Å². The topological polar surface area (TPSA) is 12.0 Å². The van der Waals surface area contributed by atoms with E-state index in [0.29, 0.717) is 23.8 Å². The maximum atomic E-state index is 4.27. The number of hydrogen-bond donors (Lipinski definition) is 1. The summed E-state index contributed by atoms with van der Waals surface area (Å²) in [6.07, 6.45) is 30.8. The summed E-state index contributed by atoms with van der Waals surface area (Å²) < 4.78 is 0. The van der Waals surface area contributed by atoms with Crippen molar-refractivity contribution in [1.29, 1.82) is 0 Å². The number of unbranched alkanes of at least 4 members (excludes halogenated alkanes) is 5. The molecule has 1 N–H and O–H groups in total. The molecule has 1 rings (SSSR count). The predicted octanol–water partition coefficient (Wildman–Crippen LogP) is 13.8. The van der Waals surface area contributed by atoms with E-state index in [2.05, 4.69) is 113 Å². The third-order valence-electron chi connectivity index (χ3n) is 7.65. The zero-order chi connectivity index (χ0) is 31.9. The molecule has 1 nitrogen and oxygen atoms in total. The second-order valence-corrected chi connectivity index (χ2v) is 12.5. The molecule has 0 heterocycles. The maximum Gasteiger partial charge on any atom is 0.0230 e. The van der Waals surface area contributed by atoms with Crippen LogP contribution in [0.25, 0.3) is 0 Å². The molecular formula is C40H77N. The Kier molecular flexibility index (Phi) is 35.4. The minimum absolute atomic E-state index is 0.550. The summed E-state index contributed by atoms with van der Waals surface area (Å²) in [4.78, 5) is 0. The van der Waals surface area contributed by atoms with Gasteiger partial charge in [-0.15, -0.1) is 0 Å². The molecule has 0 bridgehead atoms. The van der Waals surface area contributed by atoms with Gasteiger partial charge in [-0.2, -0.15) is 0 Å². The average Bonchev–Trinajstić information content (AvgIpc) is 2.93. The summed E-state index contributed by atoms with van der Waals surface area (Å²) in [5, 5.41) is 3.17. The van der Waals surface area contributed by atoms with Crippen LogP contribution in [-0.2, 0) is 0 Å². The fourth-order valence-electron chi connectivity index (χ4n) is 5.39. The van der Waals surface area contributed by atoms with Crippen molar-refractivity contribution in [2.24, 2.45) is 23.7 Å². The summed E-state index contributed by atoms with van der Waals surface area (Å²) in [5.41, 5.74) is 2.75. The maximum absolute atomic E-state index is 4.27. The average molecular weight is 572 g/mol. The second kappa shape index (κ2) is 33.0. The van der Waals surface area contributed by atoms with E-state index in [1.165, 1.54) is 107 Å². The zero-order valence-electron chi connectivity index (χ0n) is 30.0. The highest BCUT2D eigenvalue weighted by Gasteiger charge is 2.27. The summed E-state index contributed by atoms with van der Waals surface area (Å²) in [7, 11) is 0. The lowest BCUT2D eigenvalue weighted by Gasteiger charge is -2.34. The number of allylic oxidation sites excluding steroid dienone is 6. The Bertz CT molecular complexity index is 627. The highest BCUT2D eigenvalue weighted by molar-refractivity contribution is 5.21. The second-order valence-electron chi connectivity index (χ2n) is 12.5. The van der Waals surface area contributed by atoms with Crippen LogP contribution in [0, 0.1) is 23.7 Å². The quantitative estimate of drug-likeness (QED) is 0.104. The van der Waals surface area contributed by atoms with E-state index in [0.717, 1.165) is 5.92 Å². The van der Waals surface area contributed by atoms with Gasteiger partial charge >= 0.3 is 0 Å². The van der Waals surface area contributed by atoms with Gasteiger partial charge in [-0.1, -0.05) is 169 Å². The lowest BCUT2D eigenvalue weighted by molar-refractivity contribution is 0.241. The molecule has 0 spiro atoms. The Hall–Kier alpha value is -1.50. The summed E-state index contributed by atoms with van der Waals surface area (Å²) >= 11 is 0. The van der Waals surface area contributed by atoms with Gasteiger partial charge in [0.25, 0.3) is 0 Å². The van der Waals surface area contributed by atoms with Crippen molar-refractivity contribution in [1.82, 2.24) is 5.32 Å². The molecule has 0 aromatic rings. The Labute approximate surface area is 261 Å². The Morgan fingerprint density at radius 3 is 1.76 bits per heavy atom. The SMILES string of the molecule is C=C/C(=C\C(C)C(C(=C)C)C1CCCCC1)C(C)C.C=CNC(C)CC/C=C/CCC.CCC.CCCCCCC. The Morgan fingerprint density at radius 2 is 1.34 bits per heavy atom. The molecule has 41 heavy (non-hydrogen) atoms. The first kappa shape index (κ1) is 43.9. The van der Waals surface area contributed by atoms with Crippen LogP contribution in [0.15, 0.2) is 61.4 Å². The summed E-state index contributed by atoms with van der Waals surface area (Å²) in [6.45, 7) is 34.1. The first-order chi connectivity index (χ1) is 19.6. The molecule has 1 aliphatic carbocycles. The van der Waals surface area contributed by atoms with E-state index < -0.39 is 0 Å². The largest absolute Gasteiger partial charge is 0.389 e. The fourth-order valence-corrected chi connectivity index (χ4v) is 5.39. The van der Waals surface area contributed by atoms with E-state index in [4.69, 9.17) is 0 Å². The van der Waals surface area contributed by atoms with Gasteiger partial charge in [0.15, 0.2) is 0 Å². The van der Waals surface area contributed by atoms with Crippen molar-refractivity contribution in [2.75, 3.05) is 0 Å². The van der Waals surface area contributed by atoms with E-state index in [-0.39, 0.29) is 0 Å². The van der Waals surface area contributed by atoms with Crippen LogP contribution in [-0.4, -0.2) is 6.04 Å². The van der Waals surface area contributed by atoms with Gasteiger partial charge in [0.2, 0.25) is 0 Å². The number of rotatable bonds is 17. The van der Waals surface area contributed by atoms with Gasteiger partial charge in [0.1, 0.15) is 0 Å². The molecule has 3 unspecified atom stereocenters. The first-order valence-corrected chi connectivity index (χ1v) is 17.6. The highest BCUT2D eigenvalue weighted by Crippen LogP contribution is 2.38. The minimum atomic E-state index is 0.550. The molecule has 0 saturated heterocycles. The van der Waals surface area contributed by atoms with Crippen LogP contribution < -0.4 is 5.32 Å². The molecular weight excluding hydrogens is 494 g/mol. The molecule has 0 aromatic heterocycles. The number of hydrogen-bond acceptors (Lipinski definition) is 1. The van der Waals surface area contributed by atoms with Crippen molar-refractivity contribution < 1.29 is 0 Å². The third-order valence-corrected chi connectivity index (χ3v) is 7.65. The normalized spacial score (nSPS) is 15.7. The summed E-state index contributed by atoms with van der Waals surface area (Å²) in [5.74, 6) is 2.64. The van der Waals surface area contributed by atoms with E-state index in [1.54, 1.807) is 6.20 Å². The monoisotopic (exact) mass is 572 g/mol. The van der Waals surface area contributed by atoms with Crippen molar-refractivity contribution in [3.8, 4) is 0 Å². The smallest absolute Gasteiger partial charge is 0.0230 e. The standard InChI is InChI=1S/C19H32.C11H21N.C7H16.C3H8/c1-7-17(14(2)3)13-16(6)19(15(4)5)18-11-9-8-10-12-18;1-4-6-7-8-9-10-11(3)12-5-2;1-3-5-7-6-4-2;1-3-2/h7,13-14,16,18-19H,1,4,8-12H2,2-3,5-6H3;5,7-8,11-12H,2,4,6,9-10H2,1,3H3;3-7H2,1-2H3;3H2,1-2H3/b17-13+;8-7+;;. The lowest BCUT2D eigenvalue weighted by atomic mass is 9.71. The summed E-state index contributed by atoms with van der Waals surface area (Å²) in [6, 6.07) is 0.550. The van der Waals surface area contributed by atoms with Gasteiger partial charge in [0, 0.05) is 6.04 Å². The zero-order valence-corrected chi connectivity index (χ0v) is 30.0. The molecule has 1 saturated carbocycles. The van der Waals surface area contributed by atoms with Crippen LogP contribution in [0.3, 0.4) is 0 Å². The molecule has 1 fully saturated rings. The predicted molar refractivity (Wildman–Crippen MR) is 194 cm³/mol. The minimum Gasteiger partial charge on any atom is -0.389 e. The molecule has 3 atom stereocenters. The molecule has 242 valence electrons. The molecule has 0 amide bonds. The Balaban J connectivity index is -0.000000559. The van der Waals surface area contributed by atoms with Crippen molar-refractivity contribution in [2.45, 2.75) is 172 Å². The third kappa shape index (κ3) is 28.4. The van der Waals surface area contributed by atoms with Crippen molar-refractivity contribution in [3.63, 3.8) is 0 Å². The van der Waals surface area contributed by atoms with Crippen LogP contribution in [0.5, 0.6) is 0 Å². The van der Waals surface area contributed by atoms with Gasteiger partial charge in [-0.25, -0.2) is 0 Å². The molecule has 1 heteroatoms.